The van der Waals surface area contributed by atoms with Crippen LogP contribution in [0, 0.1) is 5.41 Å². The van der Waals surface area contributed by atoms with Gasteiger partial charge in [-0.15, -0.1) is 0 Å². The predicted molar refractivity (Wildman–Crippen MR) is 56.9 cm³/mol. The number of anilines is 1. The minimum Gasteiger partial charge on any atom is -0.387 e. The first-order valence-electron chi connectivity index (χ1n) is 4.64. The first-order chi connectivity index (χ1) is 6.03. The summed E-state index contributed by atoms with van der Waals surface area (Å²) in [5.74, 6) is 0. The second kappa shape index (κ2) is 3.77. The Morgan fingerprint density at radius 1 is 1.38 bits per heavy atom. The van der Waals surface area contributed by atoms with Crippen LogP contribution in [0.5, 0.6) is 0 Å². The highest BCUT2D eigenvalue weighted by Gasteiger charge is 2.14. The van der Waals surface area contributed by atoms with Gasteiger partial charge >= 0.3 is 0 Å². The third kappa shape index (κ3) is 3.05. The fraction of sp³-hybridized carbons (Fsp3) is 0.545. The average Bonchev–Trinajstić information content (AvgIpc) is 2.02. The van der Waals surface area contributed by atoms with Crippen molar-refractivity contribution in [3.8, 4) is 0 Å². The summed E-state index contributed by atoms with van der Waals surface area (Å²) in [5.41, 5.74) is 2.58. The Kier molecular flexibility index (Phi) is 2.91. The van der Waals surface area contributed by atoms with E-state index in [1.165, 1.54) is 0 Å². The highest BCUT2D eigenvalue weighted by molar-refractivity contribution is 5.46. The van der Waals surface area contributed by atoms with Gasteiger partial charge < -0.3 is 5.32 Å². The van der Waals surface area contributed by atoms with Gasteiger partial charge in [-0.1, -0.05) is 20.8 Å². The summed E-state index contributed by atoms with van der Waals surface area (Å²) in [6.45, 7) is 6.67. The van der Waals surface area contributed by atoms with E-state index in [9.17, 15) is 0 Å². The van der Waals surface area contributed by atoms with Crippen molar-refractivity contribution in [1.82, 2.24) is 4.98 Å². The molecule has 0 spiro atoms. The standard InChI is InChI=1S/C11H18N2/c1-11(2,3)8-10-9(12-4)6-5-7-13-10/h5-7,12H,8H2,1-4H3. The summed E-state index contributed by atoms with van der Waals surface area (Å²) in [5, 5.41) is 3.16. The predicted octanol–water partition coefficient (Wildman–Crippen LogP) is 2.71. The monoisotopic (exact) mass is 178 g/mol. The maximum Gasteiger partial charge on any atom is 0.0639 e. The van der Waals surface area contributed by atoms with Gasteiger partial charge in [-0.05, 0) is 24.0 Å². The van der Waals surface area contributed by atoms with Gasteiger partial charge in [0.05, 0.1) is 11.4 Å². The quantitative estimate of drug-likeness (QED) is 0.753. The van der Waals surface area contributed by atoms with E-state index < -0.39 is 0 Å². The molecule has 2 heteroatoms. The Hall–Kier alpha value is -1.05. The van der Waals surface area contributed by atoms with Crippen LogP contribution < -0.4 is 5.32 Å². The molecule has 1 heterocycles. The maximum absolute atomic E-state index is 4.37. The Bertz CT molecular complexity index is 274. The molecule has 0 amide bonds. The fourth-order valence-electron chi connectivity index (χ4n) is 1.31. The van der Waals surface area contributed by atoms with Crippen LogP contribution >= 0.6 is 0 Å². The van der Waals surface area contributed by atoms with Crippen molar-refractivity contribution < 1.29 is 0 Å². The van der Waals surface area contributed by atoms with Crippen molar-refractivity contribution in [1.29, 1.82) is 0 Å². The summed E-state index contributed by atoms with van der Waals surface area (Å²) in [6, 6.07) is 4.02. The highest BCUT2D eigenvalue weighted by Crippen LogP contribution is 2.23. The second-order valence-electron chi connectivity index (χ2n) is 4.49. The molecule has 0 aliphatic heterocycles. The fourth-order valence-corrected chi connectivity index (χ4v) is 1.31. The highest BCUT2D eigenvalue weighted by atomic mass is 14.9. The number of hydrogen-bond acceptors (Lipinski definition) is 2. The number of nitrogens with zero attached hydrogens (tertiary/aromatic N) is 1. The normalized spacial score (nSPS) is 11.4. The van der Waals surface area contributed by atoms with Gasteiger partial charge in [-0.2, -0.15) is 0 Å². The SMILES string of the molecule is CNc1cccnc1CC(C)(C)C. The van der Waals surface area contributed by atoms with Crippen LogP contribution in [0.15, 0.2) is 18.3 Å². The zero-order valence-corrected chi connectivity index (χ0v) is 8.89. The summed E-state index contributed by atoms with van der Waals surface area (Å²) >= 11 is 0. The Morgan fingerprint density at radius 3 is 2.62 bits per heavy atom. The van der Waals surface area contributed by atoms with E-state index in [1.54, 1.807) is 0 Å². The summed E-state index contributed by atoms with van der Waals surface area (Å²) in [4.78, 5) is 4.37. The molecule has 0 fully saturated rings. The topological polar surface area (TPSA) is 24.9 Å². The van der Waals surface area contributed by atoms with Crippen LogP contribution in [0.3, 0.4) is 0 Å². The minimum atomic E-state index is 0.292. The number of hydrogen-bond donors (Lipinski definition) is 1. The van der Waals surface area contributed by atoms with Crippen molar-refractivity contribution in [2.24, 2.45) is 5.41 Å². The van der Waals surface area contributed by atoms with Crippen LogP contribution in [0.25, 0.3) is 0 Å². The molecule has 0 radical (unpaired) electrons. The zero-order chi connectivity index (χ0) is 9.90. The first-order valence-corrected chi connectivity index (χ1v) is 4.64. The zero-order valence-electron chi connectivity index (χ0n) is 8.89. The third-order valence-corrected chi connectivity index (χ3v) is 1.86. The molecule has 0 aliphatic rings. The van der Waals surface area contributed by atoms with Gasteiger partial charge in [-0.3, -0.25) is 4.98 Å². The molecule has 0 unspecified atom stereocenters. The van der Waals surface area contributed by atoms with Crippen molar-refractivity contribution >= 4 is 5.69 Å². The van der Waals surface area contributed by atoms with Gasteiger partial charge in [0.15, 0.2) is 0 Å². The van der Waals surface area contributed by atoms with Gasteiger partial charge in [0, 0.05) is 13.2 Å². The van der Waals surface area contributed by atoms with E-state index in [4.69, 9.17) is 0 Å². The van der Waals surface area contributed by atoms with Gasteiger partial charge in [-0.25, -0.2) is 0 Å². The second-order valence-corrected chi connectivity index (χ2v) is 4.49. The number of nitrogens with one attached hydrogen (secondary N) is 1. The number of aromatic nitrogens is 1. The minimum absolute atomic E-state index is 0.292. The first kappa shape index (κ1) is 10.0. The summed E-state index contributed by atoms with van der Waals surface area (Å²) in [7, 11) is 1.93. The van der Waals surface area contributed by atoms with E-state index in [0.29, 0.717) is 5.41 Å². The van der Waals surface area contributed by atoms with Crippen molar-refractivity contribution in [3.05, 3.63) is 24.0 Å². The molecule has 1 aromatic rings. The molecule has 0 saturated carbocycles. The Labute approximate surface area is 80.4 Å². The van der Waals surface area contributed by atoms with Gasteiger partial charge in [0.25, 0.3) is 0 Å². The van der Waals surface area contributed by atoms with Crippen molar-refractivity contribution in [2.45, 2.75) is 27.2 Å². The lowest BCUT2D eigenvalue weighted by Crippen LogP contribution is -2.12. The molecule has 1 rings (SSSR count). The summed E-state index contributed by atoms with van der Waals surface area (Å²) < 4.78 is 0. The maximum atomic E-state index is 4.37. The average molecular weight is 178 g/mol. The molecule has 2 nitrogen and oxygen atoms in total. The largest absolute Gasteiger partial charge is 0.387 e. The van der Waals surface area contributed by atoms with Gasteiger partial charge in [0.1, 0.15) is 0 Å². The number of pyridine rings is 1. The molecule has 1 N–H and O–H groups in total. The smallest absolute Gasteiger partial charge is 0.0639 e. The molecular formula is C11H18N2. The molecule has 0 bridgehead atoms. The van der Waals surface area contributed by atoms with Crippen LogP contribution in [-0.2, 0) is 6.42 Å². The van der Waals surface area contributed by atoms with Crippen LogP contribution in [-0.4, -0.2) is 12.0 Å². The molecule has 0 saturated heterocycles. The Morgan fingerprint density at radius 2 is 2.08 bits per heavy atom. The lowest BCUT2D eigenvalue weighted by molar-refractivity contribution is 0.407. The van der Waals surface area contributed by atoms with E-state index in [2.05, 4.69) is 37.1 Å². The van der Waals surface area contributed by atoms with Crippen molar-refractivity contribution in [3.63, 3.8) is 0 Å². The lowest BCUT2D eigenvalue weighted by atomic mass is 9.90. The van der Waals surface area contributed by atoms with Crippen LogP contribution in [0.1, 0.15) is 26.5 Å². The molecule has 0 aliphatic carbocycles. The van der Waals surface area contributed by atoms with E-state index in [0.717, 1.165) is 17.8 Å². The molecule has 0 atom stereocenters. The van der Waals surface area contributed by atoms with Crippen LogP contribution in [0.4, 0.5) is 5.69 Å². The summed E-state index contributed by atoms with van der Waals surface area (Å²) in [6.07, 6.45) is 2.85. The van der Waals surface area contributed by atoms with E-state index in [-0.39, 0.29) is 0 Å². The lowest BCUT2D eigenvalue weighted by Gasteiger charge is -2.19. The van der Waals surface area contributed by atoms with Crippen LogP contribution in [0.2, 0.25) is 0 Å². The number of rotatable bonds is 2. The molecule has 72 valence electrons. The molecule has 13 heavy (non-hydrogen) atoms. The van der Waals surface area contributed by atoms with Crippen molar-refractivity contribution in [2.75, 3.05) is 12.4 Å². The molecular weight excluding hydrogens is 160 g/mol. The van der Waals surface area contributed by atoms with Gasteiger partial charge in [0.2, 0.25) is 0 Å². The third-order valence-electron chi connectivity index (χ3n) is 1.86. The van der Waals surface area contributed by atoms with E-state index >= 15 is 0 Å². The molecule has 0 aromatic carbocycles. The van der Waals surface area contributed by atoms with E-state index in [1.807, 2.05) is 19.3 Å². The Balaban J connectivity index is 2.87. The molecule has 1 aromatic heterocycles.